The first-order chi connectivity index (χ1) is 8.19. The van der Waals surface area contributed by atoms with Crippen LogP contribution in [-0.2, 0) is 9.47 Å². The van der Waals surface area contributed by atoms with Gasteiger partial charge in [-0.05, 0) is 6.42 Å². The van der Waals surface area contributed by atoms with E-state index < -0.39 is 0 Å². The quantitative estimate of drug-likeness (QED) is 0.825. The molecule has 0 saturated carbocycles. The third-order valence-corrected chi connectivity index (χ3v) is 1.91. The maximum Gasteiger partial charge on any atom is 0.161 e. The molecule has 0 aliphatic carbocycles. The summed E-state index contributed by atoms with van der Waals surface area (Å²) in [5, 5.41) is 0. The summed E-state index contributed by atoms with van der Waals surface area (Å²) in [4.78, 5) is 1.66. The molecule has 0 aromatic heterocycles. The fourth-order valence-corrected chi connectivity index (χ4v) is 1.22. The van der Waals surface area contributed by atoms with Crippen molar-refractivity contribution in [3.8, 4) is 0 Å². The van der Waals surface area contributed by atoms with E-state index in [9.17, 15) is 0 Å². The molecule has 1 aliphatic heterocycles. The lowest BCUT2D eigenvalue weighted by molar-refractivity contribution is -0.0788. The van der Waals surface area contributed by atoms with Crippen molar-refractivity contribution in [3.05, 3.63) is 25.2 Å². The fourth-order valence-electron chi connectivity index (χ4n) is 1.22. The average molecular weight is 244 g/mol. The van der Waals surface area contributed by atoms with E-state index in [-0.39, 0.29) is 12.5 Å². The van der Waals surface area contributed by atoms with Gasteiger partial charge in [-0.15, -0.1) is 0 Å². The smallest absolute Gasteiger partial charge is 0.161 e. The summed E-state index contributed by atoms with van der Waals surface area (Å²) in [6.07, 6.45) is 2.11. The van der Waals surface area contributed by atoms with Crippen LogP contribution in [0.25, 0.3) is 0 Å². The summed E-state index contributed by atoms with van der Waals surface area (Å²) in [5.41, 5.74) is 5.54. The van der Waals surface area contributed by atoms with Gasteiger partial charge in [0.2, 0.25) is 0 Å². The standard InChI is InChI=1S/C9H16N2O2.2C2H6/c1-4-9-12-6-8(13-9)11(5-2)7(3)10;2*1-2/h5,8-9H,2-4,6,10H2,1H3;2*1-2H3. The molecule has 0 bridgehead atoms. The lowest BCUT2D eigenvalue weighted by Crippen LogP contribution is -2.34. The molecule has 0 radical (unpaired) electrons. The molecule has 1 fully saturated rings. The second kappa shape index (κ2) is 11.5. The molecular formula is C13H28N2O2. The van der Waals surface area contributed by atoms with E-state index >= 15 is 0 Å². The van der Waals surface area contributed by atoms with Crippen LogP contribution in [0.4, 0.5) is 0 Å². The first kappa shape index (κ1) is 18.4. The molecule has 2 N–H and O–H groups in total. The number of nitrogens with two attached hydrogens (primary N) is 1. The molecule has 2 atom stereocenters. The zero-order valence-electron chi connectivity index (χ0n) is 11.9. The van der Waals surface area contributed by atoms with Crippen LogP contribution < -0.4 is 5.73 Å². The zero-order valence-corrected chi connectivity index (χ0v) is 11.9. The van der Waals surface area contributed by atoms with E-state index in [1.54, 1.807) is 11.1 Å². The van der Waals surface area contributed by atoms with Gasteiger partial charge in [-0.3, -0.25) is 0 Å². The maximum absolute atomic E-state index is 5.54. The van der Waals surface area contributed by atoms with Crippen LogP contribution in [0.2, 0.25) is 0 Å². The van der Waals surface area contributed by atoms with Crippen LogP contribution in [-0.4, -0.2) is 24.0 Å². The Morgan fingerprint density at radius 3 is 2.24 bits per heavy atom. The predicted octanol–water partition coefficient (Wildman–Crippen LogP) is 3.02. The second-order valence-electron chi connectivity index (χ2n) is 2.84. The van der Waals surface area contributed by atoms with Gasteiger partial charge in [0.1, 0.15) is 0 Å². The molecule has 4 heteroatoms. The van der Waals surface area contributed by atoms with Crippen molar-refractivity contribution in [1.82, 2.24) is 4.90 Å². The van der Waals surface area contributed by atoms with Gasteiger partial charge in [0, 0.05) is 6.20 Å². The van der Waals surface area contributed by atoms with E-state index in [1.165, 1.54) is 0 Å². The SMILES string of the molecule is C=CN(C(=C)N)C1COC(CC)O1.CC.CC. The van der Waals surface area contributed by atoms with E-state index in [0.29, 0.717) is 12.4 Å². The normalized spacial score (nSPS) is 21.5. The molecule has 1 aliphatic rings. The van der Waals surface area contributed by atoms with Gasteiger partial charge in [-0.25, -0.2) is 0 Å². The van der Waals surface area contributed by atoms with Gasteiger partial charge in [0.15, 0.2) is 12.5 Å². The highest BCUT2D eigenvalue weighted by molar-refractivity contribution is 4.95. The predicted molar refractivity (Wildman–Crippen MR) is 73.0 cm³/mol. The average Bonchev–Trinajstić information content (AvgIpc) is 2.83. The molecule has 0 aromatic carbocycles. The van der Waals surface area contributed by atoms with Crippen LogP contribution in [0.15, 0.2) is 25.2 Å². The lowest BCUT2D eigenvalue weighted by Gasteiger charge is -2.24. The first-order valence-electron chi connectivity index (χ1n) is 6.31. The molecule has 2 unspecified atom stereocenters. The molecule has 1 rings (SSSR count). The number of ether oxygens (including phenoxy) is 2. The van der Waals surface area contributed by atoms with Gasteiger partial charge in [-0.2, -0.15) is 0 Å². The van der Waals surface area contributed by atoms with Crippen molar-refractivity contribution in [2.24, 2.45) is 5.73 Å². The molecule has 17 heavy (non-hydrogen) atoms. The van der Waals surface area contributed by atoms with Crippen molar-refractivity contribution >= 4 is 0 Å². The summed E-state index contributed by atoms with van der Waals surface area (Å²) >= 11 is 0. The van der Waals surface area contributed by atoms with Crippen LogP contribution in [0.1, 0.15) is 41.0 Å². The number of hydrogen-bond donors (Lipinski definition) is 1. The molecule has 102 valence electrons. The van der Waals surface area contributed by atoms with Crippen LogP contribution in [0.3, 0.4) is 0 Å². The van der Waals surface area contributed by atoms with Crippen LogP contribution >= 0.6 is 0 Å². The van der Waals surface area contributed by atoms with Crippen molar-refractivity contribution < 1.29 is 9.47 Å². The Balaban J connectivity index is 0. The van der Waals surface area contributed by atoms with Crippen LogP contribution in [0.5, 0.6) is 0 Å². The minimum absolute atomic E-state index is 0.133. The summed E-state index contributed by atoms with van der Waals surface area (Å²) in [6, 6.07) is 0. The van der Waals surface area contributed by atoms with Crippen molar-refractivity contribution in [2.45, 2.75) is 53.6 Å². The molecule has 1 saturated heterocycles. The van der Waals surface area contributed by atoms with E-state index in [1.807, 2.05) is 34.6 Å². The molecule has 0 spiro atoms. The first-order valence-corrected chi connectivity index (χ1v) is 6.31. The second-order valence-corrected chi connectivity index (χ2v) is 2.84. The van der Waals surface area contributed by atoms with Crippen molar-refractivity contribution in [1.29, 1.82) is 0 Å². The van der Waals surface area contributed by atoms with Gasteiger partial charge in [0.25, 0.3) is 0 Å². The third-order valence-electron chi connectivity index (χ3n) is 1.91. The van der Waals surface area contributed by atoms with Crippen molar-refractivity contribution in [2.75, 3.05) is 6.61 Å². The largest absolute Gasteiger partial charge is 0.386 e. The van der Waals surface area contributed by atoms with Crippen molar-refractivity contribution in [3.63, 3.8) is 0 Å². The maximum atomic E-state index is 5.54. The molecular weight excluding hydrogens is 216 g/mol. The van der Waals surface area contributed by atoms with E-state index in [4.69, 9.17) is 15.2 Å². The minimum atomic E-state index is -0.181. The Morgan fingerprint density at radius 2 is 1.94 bits per heavy atom. The molecule has 1 heterocycles. The Hall–Kier alpha value is -1.00. The molecule has 0 amide bonds. The fraction of sp³-hybridized carbons (Fsp3) is 0.692. The Labute approximate surface area is 106 Å². The molecule has 0 aromatic rings. The van der Waals surface area contributed by atoms with Gasteiger partial charge < -0.3 is 20.1 Å². The highest BCUT2D eigenvalue weighted by Crippen LogP contribution is 2.18. The van der Waals surface area contributed by atoms with Gasteiger partial charge >= 0.3 is 0 Å². The monoisotopic (exact) mass is 244 g/mol. The number of rotatable bonds is 4. The number of hydrogen-bond acceptors (Lipinski definition) is 4. The van der Waals surface area contributed by atoms with Gasteiger partial charge in [-0.1, -0.05) is 47.8 Å². The Kier molecular flexibility index (Phi) is 12.4. The van der Waals surface area contributed by atoms with E-state index in [2.05, 4.69) is 13.2 Å². The summed E-state index contributed by atoms with van der Waals surface area (Å²) in [6.45, 7) is 17.7. The lowest BCUT2D eigenvalue weighted by atomic mass is 10.5. The summed E-state index contributed by atoms with van der Waals surface area (Å²) < 4.78 is 10.9. The van der Waals surface area contributed by atoms with Crippen LogP contribution in [0, 0.1) is 0 Å². The topological polar surface area (TPSA) is 47.7 Å². The summed E-state index contributed by atoms with van der Waals surface area (Å²) in [7, 11) is 0. The zero-order chi connectivity index (χ0) is 13.8. The molecule has 4 nitrogen and oxygen atoms in total. The Morgan fingerprint density at radius 1 is 1.41 bits per heavy atom. The third kappa shape index (κ3) is 6.34. The number of nitrogens with zero attached hydrogens (tertiary/aromatic N) is 1. The minimum Gasteiger partial charge on any atom is -0.386 e. The summed E-state index contributed by atoms with van der Waals surface area (Å²) in [5.74, 6) is 0.417. The van der Waals surface area contributed by atoms with Gasteiger partial charge in [0.05, 0.1) is 12.4 Å². The highest BCUT2D eigenvalue weighted by Gasteiger charge is 2.28. The Bertz CT molecular complexity index is 208. The van der Waals surface area contributed by atoms with E-state index in [0.717, 1.165) is 6.42 Å². The highest BCUT2D eigenvalue weighted by atomic mass is 16.7.